The molecule has 1 aromatic rings. The first kappa shape index (κ1) is 15.3. The maximum atomic E-state index is 12.2. The molecule has 1 aliphatic heterocycles. The number of halogens is 2. The molecule has 3 nitrogen and oxygen atoms in total. The number of anilines is 1. The largest absolute Gasteiger partial charge is 0.324 e. The number of hydrogen-bond acceptors (Lipinski definition) is 2. The Hall–Kier alpha value is -0.770. The zero-order valence-electron chi connectivity index (χ0n) is 10.5. The summed E-state index contributed by atoms with van der Waals surface area (Å²) in [6.07, 6.45) is 0.863. The Morgan fingerprint density at radius 2 is 2.22 bits per heavy atom. The molecular formula is C13H18Cl2N2O. The summed E-state index contributed by atoms with van der Waals surface area (Å²) < 4.78 is 0. The van der Waals surface area contributed by atoms with Crippen LogP contribution in [0.5, 0.6) is 0 Å². The third-order valence-corrected chi connectivity index (χ3v) is 3.62. The predicted octanol–water partition coefficient (Wildman–Crippen LogP) is 3.01. The van der Waals surface area contributed by atoms with Crippen LogP contribution in [0.15, 0.2) is 18.2 Å². The SMILES string of the molecule is Cc1ccc(Cl)c(NC(=O)C2(C)CCNC2)c1.Cl. The number of rotatable bonds is 2. The maximum absolute atomic E-state index is 12.2. The zero-order valence-corrected chi connectivity index (χ0v) is 12.1. The van der Waals surface area contributed by atoms with E-state index in [0.29, 0.717) is 10.7 Å². The summed E-state index contributed by atoms with van der Waals surface area (Å²) in [5, 5.41) is 6.72. The van der Waals surface area contributed by atoms with E-state index in [0.717, 1.165) is 25.1 Å². The second-order valence-electron chi connectivity index (χ2n) is 4.92. The molecule has 1 saturated heterocycles. The smallest absolute Gasteiger partial charge is 0.231 e. The number of carbonyl (C=O) groups is 1. The van der Waals surface area contributed by atoms with E-state index in [-0.39, 0.29) is 23.7 Å². The van der Waals surface area contributed by atoms with Crippen LogP contribution in [0.1, 0.15) is 18.9 Å². The molecule has 2 rings (SSSR count). The molecule has 0 aromatic heterocycles. The molecular weight excluding hydrogens is 271 g/mol. The first-order chi connectivity index (χ1) is 8.01. The molecule has 100 valence electrons. The van der Waals surface area contributed by atoms with E-state index in [1.807, 2.05) is 32.0 Å². The fraction of sp³-hybridized carbons (Fsp3) is 0.462. The standard InChI is InChI=1S/C13H17ClN2O.ClH/c1-9-3-4-10(14)11(7-9)16-12(17)13(2)5-6-15-8-13;/h3-4,7,15H,5-6,8H2,1-2H3,(H,16,17);1H. The van der Waals surface area contributed by atoms with Gasteiger partial charge in [-0.25, -0.2) is 0 Å². The Morgan fingerprint density at radius 3 is 2.83 bits per heavy atom. The minimum atomic E-state index is -0.326. The van der Waals surface area contributed by atoms with Gasteiger partial charge in [0.1, 0.15) is 0 Å². The van der Waals surface area contributed by atoms with E-state index in [1.165, 1.54) is 0 Å². The van der Waals surface area contributed by atoms with Crippen LogP contribution in [-0.4, -0.2) is 19.0 Å². The Kier molecular flexibility index (Phi) is 5.02. The number of carbonyl (C=O) groups excluding carboxylic acids is 1. The molecule has 0 saturated carbocycles. The highest BCUT2D eigenvalue weighted by atomic mass is 35.5. The third kappa shape index (κ3) is 3.16. The number of benzene rings is 1. The lowest BCUT2D eigenvalue weighted by Gasteiger charge is -2.22. The summed E-state index contributed by atoms with van der Waals surface area (Å²) in [6.45, 7) is 5.57. The normalized spacial score (nSPS) is 22.4. The van der Waals surface area contributed by atoms with Crippen LogP contribution < -0.4 is 10.6 Å². The lowest BCUT2D eigenvalue weighted by molar-refractivity contribution is -0.123. The Bertz CT molecular complexity index is 443. The maximum Gasteiger partial charge on any atom is 0.231 e. The van der Waals surface area contributed by atoms with Crippen LogP contribution in [0.3, 0.4) is 0 Å². The molecule has 18 heavy (non-hydrogen) atoms. The number of aryl methyl sites for hydroxylation is 1. The van der Waals surface area contributed by atoms with Crippen LogP contribution >= 0.6 is 24.0 Å². The topological polar surface area (TPSA) is 41.1 Å². The average molecular weight is 289 g/mol. The summed E-state index contributed by atoms with van der Waals surface area (Å²) in [4.78, 5) is 12.2. The van der Waals surface area contributed by atoms with Crippen molar-refractivity contribution in [3.63, 3.8) is 0 Å². The van der Waals surface area contributed by atoms with Gasteiger partial charge in [-0.05, 0) is 44.5 Å². The fourth-order valence-corrected chi connectivity index (χ4v) is 2.18. The second kappa shape index (κ2) is 5.91. The van der Waals surface area contributed by atoms with E-state index in [9.17, 15) is 4.79 Å². The fourth-order valence-electron chi connectivity index (χ4n) is 2.02. The Morgan fingerprint density at radius 1 is 1.50 bits per heavy atom. The first-order valence-electron chi connectivity index (χ1n) is 5.80. The van der Waals surface area contributed by atoms with Crippen LogP contribution in [0.2, 0.25) is 5.02 Å². The van der Waals surface area contributed by atoms with Gasteiger partial charge in [0.05, 0.1) is 16.1 Å². The molecule has 2 N–H and O–H groups in total. The van der Waals surface area contributed by atoms with Crippen molar-refractivity contribution >= 4 is 35.6 Å². The molecule has 1 aromatic carbocycles. The van der Waals surface area contributed by atoms with Crippen LogP contribution in [-0.2, 0) is 4.79 Å². The minimum absolute atomic E-state index is 0. The highest BCUT2D eigenvalue weighted by molar-refractivity contribution is 6.33. The lowest BCUT2D eigenvalue weighted by atomic mass is 9.88. The Labute approximate surface area is 119 Å². The molecule has 0 radical (unpaired) electrons. The highest BCUT2D eigenvalue weighted by Gasteiger charge is 2.36. The predicted molar refractivity (Wildman–Crippen MR) is 77.7 cm³/mol. The van der Waals surface area contributed by atoms with Gasteiger partial charge in [0.2, 0.25) is 5.91 Å². The minimum Gasteiger partial charge on any atom is -0.324 e. The molecule has 0 spiro atoms. The monoisotopic (exact) mass is 288 g/mol. The van der Waals surface area contributed by atoms with Gasteiger partial charge in [-0.15, -0.1) is 12.4 Å². The zero-order chi connectivity index (χ0) is 12.5. The highest BCUT2D eigenvalue weighted by Crippen LogP contribution is 2.29. The van der Waals surface area contributed by atoms with Gasteiger partial charge in [0.15, 0.2) is 0 Å². The van der Waals surface area contributed by atoms with E-state index in [1.54, 1.807) is 0 Å². The van der Waals surface area contributed by atoms with Gasteiger partial charge in [-0.3, -0.25) is 4.79 Å². The van der Waals surface area contributed by atoms with Gasteiger partial charge in [0.25, 0.3) is 0 Å². The summed E-state index contributed by atoms with van der Waals surface area (Å²) in [7, 11) is 0. The van der Waals surface area contributed by atoms with E-state index in [4.69, 9.17) is 11.6 Å². The number of amides is 1. The molecule has 1 atom stereocenters. The van der Waals surface area contributed by atoms with Crippen molar-refractivity contribution in [2.24, 2.45) is 5.41 Å². The molecule has 0 bridgehead atoms. The van der Waals surface area contributed by atoms with Crippen molar-refractivity contribution in [3.05, 3.63) is 28.8 Å². The first-order valence-corrected chi connectivity index (χ1v) is 6.17. The van der Waals surface area contributed by atoms with Crippen LogP contribution in [0.25, 0.3) is 0 Å². The molecule has 0 aliphatic carbocycles. The van der Waals surface area contributed by atoms with Crippen LogP contribution in [0, 0.1) is 12.3 Å². The average Bonchev–Trinajstić information content (AvgIpc) is 2.72. The lowest BCUT2D eigenvalue weighted by Crippen LogP contribution is -2.35. The number of hydrogen-bond donors (Lipinski definition) is 2. The molecule has 1 fully saturated rings. The quantitative estimate of drug-likeness (QED) is 0.878. The van der Waals surface area contributed by atoms with Gasteiger partial charge in [-0.2, -0.15) is 0 Å². The van der Waals surface area contributed by atoms with Crippen molar-refractivity contribution in [2.75, 3.05) is 18.4 Å². The van der Waals surface area contributed by atoms with Crippen molar-refractivity contribution in [2.45, 2.75) is 20.3 Å². The molecule has 1 heterocycles. The summed E-state index contributed by atoms with van der Waals surface area (Å²) in [5.74, 6) is 0.0370. The van der Waals surface area contributed by atoms with Crippen LogP contribution in [0.4, 0.5) is 5.69 Å². The van der Waals surface area contributed by atoms with E-state index in [2.05, 4.69) is 10.6 Å². The molecule has 1 aliphatic rings. The Balaban J connectivity index is 0.00000162. The van der Waals surface area contributed by atoms with Crippen molar-refractivity contribution in [1.29, 1.82) is 0 Å². The van der Waals surface area contributed by atoms with Gasteiger partial charge in [0, 0.05) is 6.54 Å². The van der Waals surface area contributed by atoms with Gasteiger partial charge < -0.3 is 10.6 Å². The summed E-state index contributed by atoms with van der Waals surface area (Å²) >= 11 is 6.06. The van der Waals surface area contributed by atoms with Gasteiger partial charge in [-0.1, -0.05) is 17.7 Å². The number of nitrogens with one attached hydrogen (secondary N) is 2. The van der Waals surface area contributed by atoms with Crippen molar-refractivity contribution in [1.82, 2.24) is 5.32 Å². The molecule has 1 unspecified atom stereocenters. The summed E-state index contributed by atoms with van der Waals surface area (Å²) in [6, 6.07) is 5.63. The van der Waals surface area contributed by atoms with Crippen molar-refractivity contribution < 1.29 is 4.79 Å². The summed E-state index contributed by atoms with van der Waals surface area (Å²) in [5.41, 5.74) is 1.46. The molecule has 5 heteroatoms. The van der Waals surface area contributed by atoms with E-state index < -0.39 is 0 Å². The molecule has 1 amide bonds. The third-order valence-electron chi connectivity index (χ3n) is 3.29. The van der Waals surface area contributed by atoms with E-state index >= 15 is 0 Å². The van der Waals surface area contributed by atoms with Crippen molar-refractivity contribution in [3.8, 4) is 0 Å². The second-order valence-corrected chi connectivity index (χ2v) is 5.33. The van der Waals surface area contributed by atoms with Gasteiger partial charge >= 0.3 is 0 Å².